The second-order valence-corrected chi connectivity index (χ2v) is 9.69. The molecule has 2 amide bonds. The topological polar surface area (TPSA) is 102 Å². The molecule has 2 heterocycles. The average Bonchev–Trinajstić information content (AvgIpc) is 3.50. The van der Waals surface area contributed by atoms with Crippen molar-refractivity contribution in [2.75, 3.05) is 11.1 Å². The zero-order valence-corrected chi connectivity index (χ0v) is 21.3. The van der Waals surface area contributed by atoms with Crippen LogP contribution in [0.5, 0.6) is 0 Å². The molecule has 2 N–H and O–H groups in total. The molecule has 35 heavy (non-hydrogen) atoms. The van der Waals surface area contributed by atoms with E-state index >= 15 is 0 Å². The Hall–Kier alpha value is -3.50. The number of amides is 2. The molecule has 0 bridgehead atoms. The van der Waals surface area contributed by atoms with Crippen LogP contribution in [-0.4, -0.2) is 37.3 Å². The molecule has 10 heteroatoms. The fourth-order valence-electron chi connectivity index (χ4n) is 3.43. The molecule has 4 rings (SSSR count). The first-order valence-electron chi connectivity index (χ1n) is 11.2. The van der Waals surface area contributed by atoms with Crippen molar-refractivity contribution in [2.24, 2.45) is 0 Å². The van der Waals surface area contributed by atoms with Gasteiger partial charge >= 0.3 is 0 Å². The number of benzene rings is 2. The van der Waals surface area contributed by atoms with Crippen molar-refractivity contribution in [3.05, 3.63) is 76.9 Å². The van der Waals surface area contributed by atoms with E-state index in [-0.39, 0.29) is 23.6 Å². The van der Waals surface area contributed by atoms with E-state index in [0.29, 0.717) is 28.2 Å². The molecule has 0 unspecified atom stereocenters. The lowest BCUT2D eigenvalue weighted by atomic mass is 10.1. The smallest absolute Gasteiger partial charge is 0.251 e. The summed E-state index contributed by atoms with van der Waals surface area (Å²) < 4.78 is 1.91. The number of anilines is 1. The Bertz CT molecular complexity index is 1300. The molecular weight excluding hydrogens is 480 g/mol. The molecule has 2 aromatic heterocycles. The lowest BCUT2D eigenvalue weighted by molar-refractivity contribution is -0.113. The van der Waals surface area contributed by atoms with Crippen LogP contribution in [0, 0.1) is 6.92 Å². The molecule has 2 aromatic carbocycles. The Kier molecular flexibility index (Phi) is 7.94. The van der Waals surface area contributed by atoms with Crippen LogP contribution in [0.25, 0.3) is 11.3 Å². The van der Waals surface area contributed by atoms with Crippen LogP contribution in [-0.2, 0) is 11.3 Å². The average molecular weight is 507 g/mol. The first-order chi connectivity index (χ1) is 16.9. The normalized spacial score (nSPS) is 11.7. The number of aryl methyl sites for hydroxylation is 1. The zero-order valence-electron chi connectivity index (χ0n) is 19.7. The van der Waals surface area contributed by atoms with Crippen LogP contribution in [0.2, 0.25) is 0 Å². The first-order valence-corrected chi connectivity index (χ1v) is 13.1. The number of hydrogen-bond donors (Lipinski definition) is 2. The summed E-state index contributed by atoms with van der Waals surface area (Å²) in [6.07, 6.45) is 0. The number of nitrogens with zero attached hydrogens (tertiary/aromatic N) is 4. The minimum Gasteiger partial charge on any atom is -0.342 e. The summed E-state index contributed by atoms with van der Waals surface area (Å²) in [5.74, 6) is 0.466. The molecule has 180 valence electrons. The van der Waals surface area contributed by atoms with Crippen LogP contribution in [0.3, 0.4) is 0 Å². The van der Waals surface area contributed by atoms with Crippen molar-refractivity contribution in [3.8, 4) is 11.3 Å². The molecule has 0 fully saturated rings. The SMILES string of the molecule is CCn1c(SCC(=O)Nc2nc(-c3ccc(C)cc3)cs2)nnc1[C@H](C)NC(=O)c1ccccc1. The van der Waals surface area contributed by atoms with E-state index in [0.717, 1.165) is 11.3 Å². The summed E-state index contributed by atoms with van der Waals surface area (Å²) >= 11 is 2.69. The van der Waals surface area contributed by atoms with Gasteiger partial charge in [-0.1, -0.05) is 59.8 Å². The maximum Gasteiger partial charge on any atom is 0.251 e. The van der Waals surface area contributed by atoms with Gasteiger partial charge in [-0.05, 0) is 32.9 Å². The van der Waals surface area contributed by atoms with E-state index in [1.165, 1.54) is 28.7 Å². The van der Waals surface area contributed by atoms with Crippen molar-refractivity contribution in [2.45, 2.75) is 38.5 Å². The van der Waals surface area contributed by atoms with E-state index in [1.54, 1.807) is 12.1 Å². The van der Waals surface area contributed by atoms with Gasteiger partial charge in [0.15, 0.2) is 16.1 Å². The Morgan fingerprint density at radius 3 is 2.54 bits per heavy atom. The Morgan fingerprint density at radius 1 is 1.09 bits per heavy atom. The highest BCUT2D eigenvalue weighted by atomic mass is 32.2. The van der Waals surface area contributed by atoms with Gasteiger partial charge < -0.3 is 15.2 Å². The van der Waals surface area contributed by atoms with Gasteiger partial charge in [-0.25, -0.2) is 4.98 Å². The standard InChI is InChI=1S/C25H26N6O2S2/c1-4-31-22(17(3)26-23(33)19-8-6-5-7-9-19)29-30-25(31)35-15-21(32)28-24-27-20(14-34-24)18-12-10-16(2)11-13-18/h5-14,17H,4,15H2,1-3H3,(H,26,33)(H,27,28,32)/t17-/m0/s1. The predicted octanol–water partition coefficient (Wildman–Crippen LogP) is 4.95. The third kappa shape index (κ3) is 6.14. The monoisotopic (exact) mass is 506 g/mol. The minimum atomic E-state index is -0.339. The molecule has 0 saturated carbocycles. The summed E-state index contributed by atoms with van der Waals surface area (Å²) in [5, 5.41) is 17.4. The lowest BCUT2D eigenvalue weighted by Crippen LogP contribution is -2.28. The van der Waals surface area contributed by atoms with Crippen molar-refractivity contribution >= 4 is 40.0 Å². The summed E-state index contributed by atoms with van der Waals surface area (Å²) in [6.45, 7) is 6.50. The Balaban J connectivity index is 1.34. The number of thioether (sulfide) groups is 1. The fourth-order valence-corrected chi connectivity index (χ4v) is 4.98. The quantitative estimate of drug-likeness (QED) is 0.312. The van der Waals surface area contributed by atoms with Crippen LogP contribution < -0.4 is 10.6 Å². The van der Waals surface area contributed by atoms with E-state index in [1.807, 2.05) is 73.2 Å². The van der Waals surface area contributed by atoms with Gasteiger partial charge in [0.2, 0.25) is 5.91 Å². The maximum atomic E-state index is 12.5. The van der Waals surface area contributed by atoms with E-state index < -0.39 is 0 Å². The number of rotatable bonds is 9. The number of carbonyl (C=O) groups is 2. The van der Waals surface area contributed by atoms with Gasteiger partial charge in [0.25, 0.3) is 5.91 Å². The number of aromatic nitrogens is 4. The van der Waals surface area contributed by atoms with Gasteiger partial charge in [-0.2, -0.15) is 0 Å². The number of hydrogen-bond acceptors (Lipinski definition) is 7. The largest absolute Gasteiger partial charge is 0.342 e. The number of carbonyl (C=O) groups excluding carboxylic acids is 2. The van der Waals surface area contributed by atoms with Gasteiger partial charge in [0.1, 0.15) is 0 Å². The summed E-state index contributed by atoms with van der Waals surface area (Å²) in [5.41, 5.74) is 3.62. The summed E-state index contributed by atoms with van der Waals surface area (Å²) in [4.78, 5) is 29.6. The highest BCUT2D eigenvalue weighted by Gasteiger charge is 2.20. The lowest BCUT2D eigenvalue weighted by Gasteiger charge is -2.15. The molecule has 1 atom stereocenters. The molecule has 0 radical (unpaired) electrons. The van der Waals surface area contributed by atoms with Crippen LogP contribution in [0.1, 0.15) is 41.6 Å². The highest BCUT2D eigenvalue weighted by molar-refractivity contribution is 7.99. The number of thiazole rings is 1. The van der Waals surface area contributed by atoms with Gasteiger partial charge in [0, 0.05) is 23.1 Å². The molecular formula is C25H26N6O2S2. The van der Waals surface area contributed by atoms with Crippen LogP contribution >= 0.6 is 23.1 Å². The van der Waals surface area contributed by atoms with E-state index in [2.05, 4.69) is 25.8 Å². The Labute approximate surface area is 212 Å². The third-order valence-corrected chi connectivity index (χ3v) is 6.99. The maximum absolute atomic E-state index is 12.5. The minimum absolute atomic E-state index is 0.169. The molecule has 0 aliphatic rings. The highest BCUT2D eigenvalue weighted by Crippen LogP contribution is 2.26. The Morgan fingerprint density at radius 2 is 1.83 bits per heavy atom. The van der Waals surface area contributed by atoms with Gasteiger partial charge in [-0.3, -0.25) is 9.59 Å². The second kappa shape index (κ2) is 11.3. The molecule has 0 saturated heterocycles. The summed E-state index contributed by atoms with van der Waals surface area (Å²) in [6, 6.07) is 16.8. The predicted molar refractivity (Wildman–Crippen MR) is 140 cm³/mol. The summed E-state index contributed by atoms with van der Waals surface area (Å²) in [7, 11) is 0. The first kappa shape index (κ1) is 24.6. The molecule has 0 spiro atoms. The molecule has 0 aliphatic heterocycles. The molecule has 8 nitrogen and oxygen atoms in total. The van der Waals surface area contributed by atoms with Gasteiger partial charge in [0.05, 0.1) is 17.5 Å². The fraction of sp³-hybridized carbons (Fsp3) is 0.240. The molecule has 4 aromatic rings. The second-order valence-electron chi connectivity index (χ2n) is 7.89. The van der Waals surface area contributed by atoms with Crippen molar-refractivity contribution in [3.63, 3.8) is 0 Å². The number of nitrogens with one attached hydrogen (secondary N) is 2. The van der Waals surface area contributed by atoms with Gasteiger partial charge in [-0.15, -0.1) is 21.5 Å². The van der Waals surface area contributed by atoms with E-state index in [4.69, 9.17) is 0 Å². The van der Waals surface area contributed by atoms with Crippen molar-refractivity contribution in [1.29, 1.82) is 0 Å². The van der Waals surface area contributed by atoms with Crippen LogP contribution in [0.4, 0.5) is 5.13 Å². The third-order valence-electron chi connectivity index (χ3n) is 5.26. The van der Waals surface area contributed by atoms with Crippen molar-refractivity contribution in [1.82, 2.24) is 25.1 Å². The van der Waals surface area contributed by atoms with E-state index in [9.17, 15) is 9.59 Å². The zero-order chi connectivity index (χ0) is 24.8. The van der Waals surface area contributed by atoms with Crippen LogP contribution in [0.15, 0.2) is 65.1 Å². The molecule has 0 aliphatic carbocycles. The van der Waals surface area contributed by atoms with Crippen molar-refractivity contribution < 1.29 is 9.59 Å².